The molecular weight excluding hydrogens is 523 g/mol. The van der Waals surface area contributed by atoms with Crippen LogP contribution < -0.4 is 14.8 Å². The molecule has 39 heavy (non-hydrogen) atoms. The van der Waals surface area contributed by atoms with Gasteiger partial charge in [-0.15, -0.1) is 11.3 Å². The van der Waals surface area contributed by atoms with Crippen molar-refractivity contribution in [2.24, 2.45) is 0 Å². The number of benzene rings is 2. The van der Waals surface area contributed by atoms with E-state index in [1.54, 1.807) is 33.0 Å². The monoisotopic (exact) mass is 548 g/mol. The zero-order valence-corrected chi connectivity index (χ0v) is 22.7. The molecule has 0 aliphatic rings. The minimum absolute atomic E-state index is 0.0316. The molecule has 0 unspecified atom stereocenters. The summed E-state index contributed by atoms with van der Waals surface area (Å²) in [4.78, 5) is 34.0. The molecule has 0 aliphatic heterocycles. The summed E-state index contributed by atoms with van der Waals surface area (Å²) in [5.41, 5.74) is 4.34. The van der Waals surface area contributed by atoms with E-state index in [4.69, 9.17) is 14.2 Å². The standard InChI is InChI=1S/C27H25FN6O4S/c1-13-6-17(25-20(7-13)32-24(36-5)12-31-25)26-33-19-8-18(28)21(9-22(19)39-26)37-15(3)16(4)38-27(35)34-23-11-29-14(2)10-30-23/h6-12,15-16H,1-5H3,(H,30,34,35)/t15-,16+/m0/s1. The Morgan fingerprint density at radius 1 is 0.974 bits per heavy atom. The molecule has 1 amide bonds. The molecule has 10 nitrogen and oxygen atoms in total. The van der Waals surface area contributed by atoms with Gasteiger partial charge in [-0.3, -0.25) is 10.3 Å². The van der Waals surface area contributed by atoms with Crippen molar-refractivity contribution < 1.29 is 23.4 Å². The van der Waals surface area contributed by atoms with Gasteiger partial charge < -0.3 is 14.2 Å². The lowest BCUT2D eigenvalue weighted by molar-refractivity contribution is 0.0401. The lowest BCUT2D eigenvalue weighted by Crippen LogP contribution is -2.32. The van der Waals surface area contributed by atoms with E-state index in [0.717, 1.165) is 21.5 Å². The summed E-state index contributed by atoms with van der Waals surface area (Å²) in [6.45, 7) is 7.10. The highest BCUT2D eigenvalue weighted by Crippen LogP contribution is 2.37. The van der Waals surface area contributed by atoms with Gasteiger partial charge in [0.15, 0.2) is 17.4 Å². The molecule has 3 aromatic heterocycles. The van der Waals surface area contributed by atoms with E-state index < -0.39 is 24.1 Å². The van der Waals surface area contributed by atoms with Gasteiger partial charge in [-0.25, -0.2) is 29.1 Å². The average molecular weight is 549 g/mol. The Morgan fingerprint density at radius 3 is 2.54 bits per heavy atom. The Labute approximate surface area is 227 Å². The quantitative estimate of drug-likeness (QED) is 0.266. The van der Waals surface area contributed by atoms with Gasteiger partial charge in [-0.1, -0.05) is 0 Å². The van der Waals surface area contributed by atoms with Gasteiger partial charge >= 0.3 is 6.09 Å². The first-order chi connectivity index (χ1) is 18.7. The molecule has 5 rings (SSSR count). The summed E-state index contributed by atoms with van der Waals surface area (Å²) < 4.78 is 32.2. The highest BCUT2D eigenvalue weighted by atomic mass is 32.1. The number of fused-ring (bicyclic) bond motifs is 2. The van der Waals surface area contributed by atoms with Crippen molar-refractivity contribution in [3.63, 3.8) is 0 Å². The number of aromatic nitrogens is 5. The normalized spacial score (nSPS) is 12.8. The predicted octanol–water partition coefficient (Wildman–Crippen LogP) is 5.87. The first kappa shape index (κ1) is 26.2. The van der Waals surface area contributed by atoms with Crippen molar-refractivity contribution in [1.82, 2.24) is 24.9 Å². The fourth-order valence-corrected chi connectivity index (χ4v) is 4.79. The molecule has 2 atom stereocenters. The smallest absolute Gasteiger partial charge is 0.413 e. The highest BCUT2D eigenvalue weighted by Gasteiger charge is 2.22. The maximum Gasteiger partial charge on any atom is 0.413 e. The minimum atomic E-state index is -0.717. The number of hydrogen-bond acceptors (Lipinski definition) is 10. The molecule has 0 fully saturated rings. The van der Waals surface area contributed by atoms with Crippen LogP contribution in [0.4, 0.5) is 15.0 Å². The van der Waals surface area contributed by atoms with Crippen LogP contribution in [0.3, 0.4) is 0 Å². The topological polar surface area (TPSA) is 121 Å². The third-order valence-electron chi connectivity index (χ3n) is 5.93. The van der Waals surface area contributed by atoms with E-state index in [1.165, 1.54) is 36.9 Å². The van der Waals surface area contributed by atoms with Crippen LogP contribution in [-0.4, -0.2) is 50.3 Å². The van der Waals surface area contributed by atoms with Crippen LogP contribution in [0.1, 0.15) is 25.1 Å². The van der Waals surface area contributed by atoms with Crippen molar-refractivity contribution in [3.8, 4) is 22.2 Å². The van der Waals surface area contributed by atoms with E-state index in [9.17, 15) is 4.79 Å². The van der Waals surface area contributed by atoms with E-state index in [0.29, 0.717) is 27.4 Å². The number of rotatable bonds is 7. The molecule has 0 radical (unpaired) electrons. The van der Waals surface area contributed by atoms with E-state index in [2.05, 4.69) is 30.2 Å². The Kier molecular flexibility index (Phi) is 7.20. The molecule has 200 valence electrons. The summed E-state index contributed by atoms with van der Waals surface area (Å²) in [7, 11) is 1.54. The summed E-state index contributed by atoms with van der Waals surface area (Å²) in [5, 5.41) is 3.18. The molecule has 0 saturated heterocycles. The van der Waals surface area contributed by atoms with Crippen molar-refractivity contribution >= 4 is 44.5 Å². The van der Waals surface area contributed by atoms with Crippen LogP contribution in [0, 0.1) is 19.7 Å². The predicted molar refractivity (Wildman–Crippen MR) is 146 cm³/mol. The van der Waals surface area contributed by atoms with Crippen LogP contribution in [0.2, 0.25) is 0 Å². The van der Waals surface area contributed by atoms with Crippen molar-refractivity contribution in [2.45, 2.75) is 39.9 Å². The Hall–Kier alpha value is -4.45. The van der Waals surface area contributed by atoms with Crippen LogP contribution >= 0.6 is 11.3 Å². The molecule has 3 heterocycles. The summed E-state index contributed by atoms with van der Waals surface area (Å²) in [5.74, 6) is 0.136. The van der Waals surface area contributed by atoms with Gasteiger partial charge in [-0.05, 0) is 45.4 Å². The second-order valence-corrected chi connectivity index (χ2v) is 9.99. The summed E-state index contributed by atoms with van der Waals surface area (Å²) in [6.07, 6.45) is 2.46. The van der Waals surface area contributed by atoms with Gasteiger partial charge in [0.2, 0.25) is 5.88 Å². The van der Waals surface area contributed by atoms with Gasteiger partial charge in [0.25, 0.3) is 0 Å². The molecule has 1 N–H and O–H groups in total. The molecule has 2 aromatic carbocycles. The number of anilines is 1. The maximum absolute atomic E-state index is 15.0. The number of hydrogen-bond donors (Lipinski definition) is 1. The first-order valence-electron chi connectivity index (χ1n) is 12.0. The Balaban J connectivity index is 1.34. The number of amides is 1. The molecule has 0 bridgehead atoms. The second-order valence-electron chi connectivity index (χ2n) is 8.96. The number of aryl methyl sites for hydroxylation is 2. The van der Waals surface area contributed by atoms with E-state index >= 15 is 4.39 Å². The fourth-order valence-electron chi connectivity index (χ4n) is 3.80. The largest absolute Gasteiger partial charge is 0.484 e. The van der Waals surface area contributed by atoms with Crippen LogP contribution in [0.5, 0.6) is 11.6 Å². The lowest BCUT2D eigenvalue weighted by Gasteiger charge is -2.22. The maximum atomic E-state index is 15.0. The van der Waals surface area contributed by atoms with Crippen molar-refractivity contribution in [2.75, 3.05) is 12.4 Å². The van der Waals surface area contributed by atoms with Crippen molar-refractivity contribution in [3.05, 3.63) is 59.9 Å². The lowest BCUT2D eigenvalue weighted by atomic mass is 10.1. The van der Waals surface area contributed by atoms with Crippen LogP contribution in [0.15, 0.2) is 42.9 Å². The number of nitrogens with one attached hydrogen (secondary N) is 1. The van der Waals surface area contributed by atoms with Gasteiger partial charge in [0.1, 0.15) is 17.2 Å². The molecule has 0 aliphatic carbocycles. The molecule has 0 spiro atoms. The van der Waals surface area contributed by atoms with Gasteiger partial charge in [0, 0.05) is 17.7 Å². The van der Waals surface area contributed by atoms with Gasteiger partial charge in [0.05, 0.1) is 52.6 Å². The average Bonchev–Trinajstić information content (AvgIpc) is 3.31. The summed E-state index contributed by atoms with van der Waals surface area (Å²) >= 11 is 1.39. The zero-order chi connectivity index (χ0) is 27.7. The number of carbonyl (C=O) groups excluding carboxylic acids is 1. The van der Waals surface area contributed by atoms with Crippen molar-refractivity contribution in [1.29, 1.82) is 0 Å². The van der Waals surface area contributed by atoms with E-state index in [1.807, 2.05) is 19.1 Å². The Morgan fingerprint density at radius 2 is 1.79 bits per heavy atom. The van der Waals surface area contributed by atoms with Crippen LogP contribution in [-0.2, 0) is 4.74 Å². The highest BCUT2D eigenvalue weighted by molar-refractivity contribution is 7.21. The number of nitrogens with zero attached hydrogens (tertiary/aromatic N) is 5. The SMILES string of the molecule is COc1cnc2c(-c3nc4cc(F)c(O[C@@H](C)[C@@H](C)OC(=O)Nc5cnc(C)cn5)cc4s3)cc(C)cc2n1. The molecular formula is C27H25FN6O4S. The number of ether oxygens (including phenoxy) is 3. The first-order valence-corrected chi connectivity index (χ1v) is 12.9. The van der Waals surface area contributed by atoms with Gasteiger partial charge in [-0.2, -0.15) is 0 Å². The minimum Gasteiger partial charge on any atom is -0.484 e. The zero-order valence-electron chi connectivity index (χ0n) is 21.9. The number of thiazole rings is 1. The van der Waals surface area contributed by atoms with E-state index in [-0.39, 0.29) is 11.6 Å². The molecule has 12 heteroatoms. The molecule has 0 saturated carbocycles. The number of methoxy groups -OCH3 is 1. The summed E-state index contributed by atoms with van der Waals surface area (Å²) in [6, 6.07) is 6.83. The third kappa shape index (κ3) is 5.70. The second kappa shape index (κ2) is 10.7. The Bertz CT molecular complexity index is 1680. The number of carbonyl (C=O) groups is 1. The molecule has 5 aromatic rings. The van der Waals surface area contributed by atoms with Crippen LogP contribution in [0.25, 0.3) is 31.8 Å². The number of halogens is 1. The fraction of sp³-hybridized carbons (Fsp3) is 0.259. The third-order valence-corrected chi connectivity index (χ3v) is 6.98.